The van der Waals surface area contributed by atoms with Crippen LogP contribution in [0.4, 0.5) is 11.4 Å². The lowest BCUT2D eigenvalue weighted by molar-refractivity contribution is 0.402. The molecule has 0 spiro atoms. The Labute approximate surface area is 183 Å². The second kappa shape index (κ2) is 7.81. The van der Waals surface area contributed by atoms with Crippen LogP contribution in [0.25, 0.3) is 11.4 Å². The molecule has 3 N–H and O–H groups in total. The molecule has 0 saturated carbocycles. The summed E-state index contributed by atoms with van der Waals surface area (Å²) >= 11 is 6.31. The van der Waals surface area contributed by atoms with Gasteiger partial charge in [-0.15, -0.1) is 0 Å². The molecule has 4 aromatic rings. The Morgan fingerprint density at radius 3 is 2.19 bits per heavy atom. The van der Waals surface area contributed by atoms with Gasteiger partial charge in [0.1, 0.15) is 22.1 Å². The van der Waals surface area contributed by atoms with Crippen LogP contribution in [0, 0.1) is 6.92 Å². The highest BCUT2D eigenvalue weighted by molar-refractivity contribution is 6.35. The summed E-state index contributed by atoms with van der Waals surface area (Å²) < 4.78 is 9.52. The van der Waals surface area contributed by atoms with Gasteiger partial charge < -0.3 is 20.3 Å². The molecule has 31 heavy (non-hydrogen) atoms. The first-order valence-electron chi connectivity index (χ1n) is 9.42. The minimum Gasteiger partial charge on any atom is -0.497 e. The molecule has 0 aliphatic carbocycles. The van der Waals surface area contributed by atoms with Crippen molar-refractivity contribution in [3.8, 4) is 28.9 Å². The maximum atomic E-state index is 13.1. The number of aromatic nitrogens is 3. The highest BCUT2D eigenvalue weighted by Crippen LogP contribution is 2.45. The average Bonchev–Trinajstić information content (AvgIpc) is 3.13. The predicted molar refractivity (Wildman–Crippen MR) is 120 cm³/mol. The maximum absolute atomic E-state index is 13.1. The molecule has 2 aromatic heterocycles. The van der Waals surface area contributed by atoms with Crippen LogP contribution in [0.15, 0.2) is 59.4 Å². The normalized spacial score (nSPS) is 11.0. The van der Waals surface area contributed by atoms with Gasteiger partial charge in [0, 0.05) is 7.05 Å². The lowest BCUT2D eigenvalue weighted by atomic mass is 10.3. The number of anilines is 2. The minimum absolute atomic E-state index is 0.0287. The SMILES string of the molecule is COc1ccc(-n2c(O)c(Cl)c(Nc3c(C)n(C)n(-c4ccccc4)c3=O)c2O)cc1. The van der Waals surface area contributed by atoms with Crippen molar-refractivity contribution in [3.63, 3.8) is 0 Å². The summed E-state index contributed by atoms with van der Waals surface area (Å²) in [4.78, 5) is 13.1. The Balaban J connectivity index is 1.80. The van der Waals surface area contributed by atoms with E-state index < -0.39 is 0 Å². The van der Waals surface area contributed by atoms with Crippen LogP contribution in [0.1, 0.15) is 5.69 Å². The number of hydrogen-bond acceptors (Lipinski definition) is 5. The summed E-state index contributed by atoms with van der Waals surface area (Å²) in [6.07, 6.45) is 0. The van der Waals surface area contributed by atoms with Crippen LogP contribution in [0.3, 0.4) is 0 Å². The highest BCUT2D eigenvalue weighted by Gasteiger charge is 2.25. The molecule has 0 bridgehead atoms. The number of aromatic hydroxyl groups is 2. The zero-order valence-corrected chi connectivity index (χ0v) is 17.9. The molecular weight excluding hydrogens is 420 g/mol. The largest absolute Gasteiger partial charge is 0.497 e. The summed E-state index contributed by atoms with van der Waals surface area (Å²) in [5.74, 6) is -0.0638. The van der Waals surface area contributed by atoms with Gasteiger partial charge >= 0.3 is 0 Å². The van der Waals surface area contributed by atoms with Crippen molar-refractivity contribution < 1.29 is 14.9 Å². The fraction of sp³-hybridized carbons (Fsp3) is 0.136. The van der Waals surface area contributed by atoms with Gasteiger partial charge in [-0.3, -0.25) is 9.48 Å². The van der Waals surface area contributed by atoms with Crippen molar-refractivity contribution >= 4 is 23.0 Å². The van der Waals surface area contributed by atoms with Gasteiger partial charge in [0.05, 0.1) is 24.2 Å². The molecule has 0 radical (unpaired) electrons. The molecule has 2 heterocycles. The molecule has 0 amide bonds. The van der Waals surface area contributed by atoms with Crippen LogP contribution in [-0.2, 0) is 7.05 Å². The van der Waals surface area contributed by atoms with E-state index in [1.807, 2.05) is 30.3 Å². The van der Waals surface area contributed by atoms with Crippen molar-refractivity contribution in [2.45, 2.75) is 6.92 Å². The topological polar surface area (TPSA) is 93.6 Å². The summed E-state index contributed by atoms with van der Waals surface area (Å²) in [6, 6.07) is 15.9. The smallest absolute Gasteiger partial charge is 0.295 e. The number of methoxy groups -OCH3 is 1. The first-order valence-corrected chi connectivity index (χ1v) is 9.80. The molecule has 0 saturated heterocycles. The first-order chi connectivity index (χ1) is 14.8. The maximum Gasteiger partial charge on any atom is 0.295 e. The second-order valence-electron chi connectivity index (χ2n) is 6.93. The van der Waals surface area contributed by atoms with Gasteiger partial charge in [-0.05, 0) is 43.3 Å². The number of para-hydroxylation sites is 1. The van der Waals surface area contributed by atoms with E-state index in [4.69, 9.17) is 16.3 Å². The van der Waals surface area contributed by atoms with Gasteiger partial charge in [-0.1, -0.05) is 29.8 Å². The zero-order valence-electron chi connectivity index (χ0n) is 17.1. The molecule has 0 atom stereocenters. The van der Waals surface area contributed by atoms with Crippen LogP contribution in [0.2, 0.25) is 5.02 Å². The van der Waals surface area contributed by atoms with Crippen LogP contribution < -0.4 is 15.6 Å². The van der Waals surface area contributed by atoms with E-state index in [9.17, 15) is 15.0 Å². The first kappa shape index (κ1) is 20.5. The van der Waals surface area contributed by atoms with Gasteiger partial charge in [-0.2, -0.15) is 0 Å². The summed E-state index contributed by atoms with van der Waals surface area (Å²) in [6.45, 7) is 1.77. The third-order valence-corrected chi connectivity index (χ3v) is 5.56. The standard InChI is InChI=1S/C22H21ClN4O4/c1-13-18(22(30)27(25(13)2)15-7-5-4-6-8-15)24-19-17(23)20(28)26(21(19)29)14-9-11-16(31-3)12-10-14/h4-12,24,28-29H,1-3H3. The van der Waals surface area contributed by atoms with E-state index in [2.05, 4.69) is 5.32 Å². The van der Waals surface area contributed by atoms with Crippen molar-refractivity contribution in [1.29, 1.82) is 0 Å². The number of halogens is 1. The Bertz CT molecular complexity index is 1300. The molecule has 9 heteroatoms. The van der Waals surface area contributed by atoms with Crippen molar-refractivity contribution in [1.82, 2.24) is 13.9 Å². The molecule has 2 aromatic carbocycles. The molecule has 0 fully saturated rings. The van der Waals surface area contributed by atoms with Crippen LogP contribution in [-0.4, -0.2) is 31.3 Å². The molecule has 0 aliphatic rings. The van der Waals surface area contributed by atoms with Crippen LogP contribution >= 0.6 is 11.6 Å². The lowest BCUT2D eigenvalue weighted by Crippen LogP contribution is -2.20. The summed E-state index contributed by atoms with van der Waals surface area (Å²) in [5, 5.41) is 24.2. The van der Waals surface area contributed by atoms with E-state index in [-0.39, 0.29) is 33.7 Å². The van der Waals surface area contributed by atoms with E-state index >= 15 is 0 Å². The third-order valence-electron chi connectivity index (χ3n) is 5.20. The number of nitrogens with one attached hydrogen (secondary N) is 1. The lowest BCUT2D eigenvalue weighted by Gasteiger charge is -2.08. The second-order valence-corrected chi connectivity index (χ2v) is 7.31. The number of nitrogens with zero attached hydrogens (tertiary/aromatic N) is 3. The molecule has 160 valence electrons. The van der Waals surface area contributed by atoms with E-state index in [1.54, 1.807) is 50.0 Å². The van der Waals surface area contributed by atoms with Gasteiger partial charge in [-0.25, -0.2) is 9.25 Å². The van der Waals surface area contributed by atoms with E-state index in [1.165, 1.54) is 9.25 Å². The molecule has 4 rings (SSSR count). The molecule has 0 aliphatic heterocycles. The summed E-state index contributed by atoms with van der Waals surface area (Å²) in [5.41, 5.74) is 1.73. The Kier molecular flexibility index (Phi) is 5.16. The minimum atomic E-state index is -0.358. The Hall–Kier alpha value is -3.78. The predicted octanol–water partition coefficient (Wildman–Crippen LogP) is 4.09. The monoisotopic (exact) mass is 440 g/mol. The quantitative estimate of drug-likeness (QED) is 0.434. The zero-order chi connectivity index (χ0) is 22.3. The molecule has 0 unspecified atom stereocenters. The number of ether oxygens (including phenoxy) is 1. The number of hydrogen-bond donors (Lipinski definition) is 3. The Morgan fingerprint density at radius 1 is 0.935 bits per heavy atom. The summed E-state index contributed by atoms with van der Waals surface area (Å²) in [7, 11) is 3.30. The van der Waals surface area contributed by atoms with Gasteiger partial charge in [0.25, 0.3) is 5.56 Å². The fourth-order valence-corrected chi connectivity index (χ4v) is 3.66. The molecular formula is C22H21ClN4O4. The van der Waals surface area contributed by atoms with Crippen molar-refractivity contribution in [2.24, 2.45) is 7.05 Å². The highest BCUT2D eigenvalue weighted by atomic mass is 35.5. The fourth-order valence-electron chi connectivity index (χ4n) is 3.44. The molecule has 8 nitrogen and oxygen atoms in total. The number of benzene rings is 2. The Morgan fingerprint density at radius 2 is 1.58 bits per heavy atom. The van der Waals surface area contributed by atoms with E-state index in [0.717, 1.165) is 0 Å². The van der Waals surface area contributed by atoms with Gasteiger partial charge in [0.15, 0.2) is 0 Å². The number of rotatable bonds is 5. The average molecular weight is 441 g/mol. The van der Waals surface area contributed by atoms with E-state index in [0.29, 0.717) is 22.8 Å². The van der Waals surface area contributed by atoms with Crippen molar-refractivity contribution in [2.75, 3.05) is 12.4 Å². The van der Waals surface area contributed by atoms with Gasteiger partial charge in [0.2, 0.25) is 11.8 Å². The van der Waals surface area contributed by atoms with Crippen LogP contribution in [0.5, 0.6) is 17.5 Å². The third kappa shape index (κ3) is 3.30. The van der Waals surface area contributed by atoms with Crippen molar-refractivity contribution in [3.05, 3.63) is 75.7 Å².